The second-order valence-corrected chi connectivity index (χ2v) is 7.67. The van der Waals surface area contributed by atoms with Gasteiger partial charge in [0.15, 0.2) is 5.96 Å². The van der Waals surface area contributed by atoms with E-state index in [1.807, 2.05) is 30.3 Å². The van der Waals surface area contributed by atoms with Gasteiger partial charge in [0, 0.05) is 58.3 Å². The van der Waals surface area contributed by atoms with E-state index in [0.29, 0.717) is 25.6 Å². The van der Waals surface area contributed by atoms with E-state index in [0.717, 1.165) is 70.2 Å². The van der Waals surface area contributed by atoms with Crippen molar-refractivity contribution >= 4 is 35.8 Å². The summed E-state index contributed by atoms with van der Waals surface area (Å²) in [5.41, 5.74) is 0. The van der Waals surface area contributed by atoms with Crippen LogP contribution >= 0.6 is 24.0 Å². The molecule has 0 atom stereocenters. The van der Waals surface area contributed by atoms with Crippen molar-refractivity contribution in [1.82, 2.24) is 20.4 Å². The maximum atomic E-state index is 11.8. The lowest BCUT2D eigenvalue weighted by atomic mass is 10.3. The summed E-state index contributed by atoms with van der Waals surface area (Å²) in [6.45, 7) is 9.21. The summed E-state index contributed by atoms with van der Waals surface area (Å²) in [7, 11) is 0. The smallest absolute Gasteiger partial charge is 0.220 e. The largest absolute Gasteiger partial charge is 0.492 e. The Morgan fingerprint density at radius 3 is 2.57 bits per heavy atom. The van der Waals surface area contributed by atoms with E-state index in [2.05, 4.69) is 27.4 Å². The Balaban J connectivity index is 0.00000320. The highest BCUT2D eigenvalue weighted by Gasteiger charge is 2.23. The predicted molar refractivity (Wildman–Crippen MR) is 132 cm³/mol. The van der Waals surface area contributed by atoms with Crippen molar-refractivity contribution in [3.05, 3.63) is 30.3 Å². The Morgan fingerprint density at radius 1 is 1.17 bits per heavy atom. The van der Waals surface area contributed by atoms with Gasteiger partial charge in [-0.15, -0.1) is 24.0 Å². The summed E-state index contributed by atoms with van der Waals surface area (Å²) in [6.07, 6.45) is 3.64. The molecule has 7 nitrogen and oxygen atoms in total. The van der Waals surface area contributed by atoms with Gasteiger partial charge in [0.1, 0.15) is 12.4 Å². The van der Waals surface area contributed by atoms with Crippen LogP contribution in [0.4, 0.5) is 0 Å². The predicted octanol–water partition coefficient (Wildman–Crippen LogP) is 2.33. The fraction of sp³-hybridized carbons (Fsp3) is 0.636. The van der Waals surface area contributed by atoms with Crippen LogP contribution in [0.3, 0.4) is 0 Å². The van der Waals surface area contributed by atoms with Gasteiger partial charge in [0.2, 0.25) is 5.91 Å². The fourth-order valence-electron chi connectivity index (χ4n) is 3.37. The lowest BCUT2D eigenvalue weighted by Crippen LogP contribution is -2.53. The first-order valence-electron chi connectivity index (χ1n) is 11.0. The molecule has 2 N–H and O–H groups in total. The third-order valence-electron chi connectivity index (χ3n) is 5.19. The van der Waals surface area contributed by atoms with Gasteiger partial charge >= 0.3 is 0 Å². The Morgan fingerprint density at radius 2 is 1.90 bits per heavy atom. The summed E-state index contributed by atoms with van der Waals surface area (Å²) in [5.74, 6) is 2.06. The molecule has 1 aliphatic carbocycles. The summed E-state index contributed by atoms with van der Waals surface area (Å²) in [5, 5.41) is 6.43. The minimum absolute atomic E-state index is 0. The van der Waals surface area contributed by atoms with E-state index in [-0.39, 0.29) is 29.9 Å². The molecule has 2 fully saturated rings. The Bertz CT molecular complexity index is 646. The van der Waals surface area contributed by atoms with Gasteiger partial charge in [-0.1, -0.05) is 18.2 Å². The quantitative estimate of drug-likeness (QED) is 0.211. The van der Waals surface area contributed by atoms with E-state index in [1.165, 1.54) is 0 Å². The molecule has 1 saturated heterocycles. The average Bonchev–Trinajstić information content (AvgIpc) is 3.56. The molecule has 0 unspecified atom stereocenters. The molecule has 30 heavy (non-hydrogen) atoms. The second kappa shape index (κ2) is 13.7. The number of halogens is 1. The average molecular weight is 529 g/mol. The van der Waals surface area contributed by atoms with E-state index in [9.17, 15) is 4.79 Å². The van der Waals surface area contributed by atoms with E-state index < -0.39 is 0 Å². The van der Waals surface area contributed by atoms with Crippen LogP contribution < -0.4 is 15.4 Å². The van der Waals surface area contributed by atoms with Gasteiger partial charge in [-0.05, 0) is 38.3 Å². The van der Waals surface area contributed by atoms with Crippen LogP contribution in [0.15, 0.2) is 35.3 Å². The number of aliphatic imine (C=N–C) groups is 1. The summed E-state index contributed by atoms with van der Waals surface area (Å²) < 4.78 is 5.81. The van der Waals surface area contributed by atoms with Crippen molar-refractivity contribution in [2.24, 2.45) is 4.99 Å². The number of carbonyl (C=O) groups is 1. The number of nitrogens with one attached hydrogen (secondary N) is 2. The van der Waals surface area contributed by atoms with Crippen LogP contribution in [0.5, 0.6) is 5.75 Å². The normalized spacial score (nSPS) is 17.2. The first kappa shape index (κ1) is 24.7. The molecule has 168 valence electrons. The second-order valence-electron chi connectivity index (χ2n) is 7.67. The van der Waals surface area contributed by atoms with Crippen molar-refractivity contribution in [2.75, 3.05) is 52.4 Å². The van der Waals surface area contributed by atoms with Gasteiger partial charge in [0.05, 0.1) is 0 Å². The van der Waals surface area contributed by atoms with Crippen LogP contribution in [0.25, 0.3) is 0 Å². The van der Waals surface area contributed by atoms with Gasteiger partial charge in [-0.3, -0.25) is 14.7 Å². The summed E-state index contributed by atoms with van der Waals surface area (Å²) >= 11 is 0. The zero-order valence-electron chi connectivity index (χ0n) is 18.0. The SMILES string of the molecule is CCNC(=NCCCC(=O)NC1CC1)N1CCN(CCOc2ccccc2)CC1.I. The zero-order chi connectivity index (χ0) is 20.3. The Kier molecular flexibility index (Phi) is 11.3. The monoisotopic (exact) mass is 529 g/mol. The van der Waals surface area contributed by atoms with Crippen molar-refractivity contribution in [3.8, 4) is 5.75 Å². The molecule has 1 saturated carbocycles. The molecule has 0 spiro atoms. The van der Waals surface area contributed by atoms with Crippen LogP contribution in [-0.2, 0) is 4.79 Å². The van der Waals surface area contributed by atoms with E-state index in [1.54, 1.807) is 0 Å². The number of amides is 1. The minimum atomic E-state index is 0. The minimum Gasteiger partial charge on any atom is -0.492 e. The highest BCUT2D eigenvalue weighted by Crippen LogP contribution is 2.18. The number of guanidine groups is 1. The summed E-state index contributed by atoms with van der Waals surface area (Å²) in [6, 6.07) is 10.4. The number of para-hydroxylation sites is 1. The van der Waals surface area contributed by atoms with Crippen molar-refractivity contribution in [3.63, 3.8) is 0 Å². The molecule has 2 aliphatic rings. The molecular weight excluding hydrogens is 493 g/mol. The van der Waals surface area contributed by atoms with Crippen LogP contribution in [-0.4, -0.2) is 80.1 Å². The number of hydrogen-bond acceptors (Lipinski definition) is 4. The molecule has 0 bridgehead atoms. The molecule has 3 rings (SSSR count). The fourth-order valence-corrected chi connectivity index (χ4v) is 3.37. The Hall–Kier alpha value is -1.55. The number of rotatable bonds is 10. The first-order valence-corrected chi connectivity index (χ1v) is 11.0. The lowest BCUT2D eigenvalue weighted by Gasteiger charge is -2.36. The molecule has 1 heterocycles. The van der Waals surface area contributed by atoms with Crippen LogP contribution in [0.1, 0.15) is 32.6 Å². The number of carbonyl (C=O) groups excluding carboxylic acids is 1. The lowest BCUT2D eigenvalue weighted by molar-refractivity contribution is -0.121. The number of hydrogen-bond donors (Lipinski definition) is 2. The van der Waals surface area contributed by atoms with Gasteiger partial charge in [-0.25, -0.2) is 0 Å². The van der Waals surface area contributed by atoms with E-state index in [4.69, 9.17) is 9.73 Å². The van der Waals surface area contributed by atoms with Gasteiger partial charge in [-0.2, -0.15) is 0 Å². The third kappa shape index (κ3) is 9.07. The topological polar surface area (TPSA) is 69.2 Å². The molecule has 8 heteroatoms. The van der Waals surface area contributed by atoms with Gasteiger partial charge in [0.25, 0.3) is 0 Å². The first-order chi connectivity index (χ1) is 14.2. The highest BCUT2D eigenvalue weighted by atomic mass is 127. The number of ether oxygens (including phenoxy) is 1. The molecular formula is C22H36IN5O2. The van der Waals surface area contributed by atoms with Crippen molar-refractivity contribution in [2.45, 2.75) is 38.6 Å². The number of benzene rings is 1. The molecule has 1 aliphatic heterocycles. The Labute approximate surface area is 197 Å². The molecule has 1 amide bonds. The van der Waals surface area contributed by atoms with Gasteiger partial charge < -0.3 is 20.3 Å². The van der Waals surface area contributed by atoms with Crippen molar-refractivity contribution < 1.29 is 9.53 Å². The molecule has 0 aromatic heterocycles. The zero-order valence-corrected chi connectivity index (χ0v) is 20.3. The molecule has 0 radical (unpaired) electrons. The maximum absolute atomic E-state index is 11.8. The number of nitrogens with zero attached hydrogens (tertiary/aromatic N) is 3. The van der Waals surface area contributed by atoms with E-state index >= 15 is 0 Å². The molecule has 1 aromatic carbocycles. The summed E-state index contributed by atoms with van der Waals surface area (Å²) in [4.78, 5) is 21.3. The number of piperazine rings is 1. The molecule has 1 aromatic rings. The third-order valence-corrected chi connectivity index (χ3v) is 5.19. The van der Waals surface area contributed by atoms with Crippen molar-refractivity contribution in [1.29, 1.82) is 0 Å². The standard InChI is InChI=1S/C22H35N5O2.HI/c1-2-23-22(24-12-6-9-21(28)25-19-10-11-19)27-15-13-26(14-16-27)17-18-29-20-7-4-3-5-8-20;/h3-5,7-8,19H,2,6,9-18H2,1H3,(H,23,24)(H,25,28);1H. The maximum Gasteiger partial charge on any atom is 0.220 e. The highest BCUT2D eigenvalue weighted by molar-refractivity contribution is 14.0. The van der Waals surface area contributed by atoms with Crippen LogP contribution in [0.2, 0.25) is 0 Å². The van der Waals surface area contributed by atoms with Crippen LogP contribution in [0, 0.1) is 0 Å².